The van der Waals surface area contributed by atoms with Crippen molar-refractivity contribution in [3.05, 3.63) is 30.3 Å². The van der Waals surface area contributed by atoms with Crippen molar-refractivity contribution in [2.24, 2.45) is 0 Å². The van der Waals surface area contributed by atoms with Gasteiger partial charge in [0.1, 0.15) is 0 Å². The summed E-state index contributed by atoms with van der Waals surface area (Å²) in [5.74, 6) is -0.747. The third-order valence-electron chi connectivity index (χ3n) is 1.91. The number of rotatable bonds is 3. The Hall–Kier alpha value is -1.33. The van der Waals surface area contributed by atoms with Crippen LogP contribution in [0.25, 0.3) is 0 Å². The first-order chi connectivity index (χ1) is 5.75. The fourth-order valence-electron chi connectivity index (χ4n) is 1.24. The van der Waals surface area contributed by atoms with Crippen molar-refractivity contribution in [3.63, 3.8) is 0 Å². The SMILES string of the molecule is CCB(C(=O)O)c1ccccc1.O.O. The van der Waals surface area contributed by atoms with Gasteiger partial charge in [0.2, 0.25) is 0 Å². The molecule has 0 atom stereocenters. The van der Waals surface area contributed by atoms with E-state index in [9.17, 15) is 4.79 Å². The number of carboxylic acid groups (broad SMARTS) is 1. The minimum absolute atomic E-state index is 0. The smallest absolute Gasteiger partial charge is 0.310 e. The molecular weight excluding hydrogens is 183 g/mol. The first-order valence-corrected chi connectivity index (χ1v) is 4.03. The van der Waals surface area contributed by atoms with Crippen molar-refractivity contribution in [2.45, 2.75) is 13.2 Å². The summed E-state index contributed by atoms with van der Waals surface area (Å²) in [4.78, 5) is 10.7. The van der Waals surface area contributed by atoms with E-state index in [1.807, 2.05) is 37.3 Å². The Morgan fingerprint density at radius 2 is 1.79 bits per heavy atom. The van der Waals surface area contributed by atoms with Crippen molar-refractivity contribution >= 4 is 18.0 Å². The summed E-state index contributed by atoms with van der Waals surface area (Å²) in [6, 6.07) is 9.31. The number of hydrogen-bond acceptors (Lipinski definition) is 1. The molecule has 0 fully saturated rings. The lowest BCUT2D eigenvalue weighted by molar-refractivity contribution is 0.219. The van der Waals surface area contributed by atoms with Crippen LogP contribution in [0.2, 0.25) is 6.32 Å². The van der Waals surface area contributed by atoms with Gasteiger partial charge in [-0.25, -0.2) is 0 Å². The quantitative estimate of drug-likeness (QED) is 0.692. The third-order valence-corrected chi connectivity index (χ3v) is 1.91. The van der Waals surface area contributed by atoms with E-state index < -0.39 is 5.87 Å². The highest BCUT2D eigenvalue weighted by Gasteiger charge is 2.22. The predicted octanol–water partition coefficient (Wildman–Crippen LogP) is 0.0186. The van der Waals surface area contributed by atoms with Gasteiger partial charge in [0.05, 0.1) is 0 Å². The fourth-order valence-corrected chi connectivity index (χ4v) is 1.24. The molecule has 0 spiro atoms. The van der Waals surface area contributed by atoms with Crippen LogP contribution in [-0.2, 0) is 0 Å². The zero-order valence-electron chi connectivity index (χ0n) is 8.03. The topological polar surface area (TPSA) is 100 Å². The molecule has 5 N–H and O–H groups in total. The van der Waals surface area contributed by atoms with Crippen LogP contribution in [0.3, 0.4) is 0 Å². The maximum Gasteiger partial charge on any atom is 0.310 e. The van der Waals surface area contributed by atoms with E-state index in [0.29, 0.717) is 6.32 Å². The van der Waals surface area contributed by atoms with Gasteiger partial charge in [0.25, 0.3) is 5.87 Å². The molecular formula is C9H15BO4. The second-order valence-electron chi connectivity index (χ2n) is 2.71. The summed E-state index contributed by atoms with van der Waals surface area (Å²) < 4.78 is 0. The fraction of sp³-hybridized carbons (Fsp3) is 0.222. The van der Waals surface area contributed by atoms with Gasteiger partial charge in [-0.1, -0.05) is 49.0 Å². The van der Waals surface area contributed by atoms with Crippen LogP contribution in [-0.4, -0.2) is 28.6 Å². The van der Waals surface area contributed by atoms with Crippen molar-refractivity contribution < 1.29 is 20.9 Å². The molecule has 0 amide bonds. The monoisotopic (exact) mass is 198 g/mol. The molecule has 1 aromatic carbocycles. The second kappa shape index (κ2) is 7.11. The lowest BCUT2D eigenvalue weighted by Crippen LogP contribution is -2.36. The Kier molecular flexibility index (Phi) is 7.70. The molecule has 0 aliphatic carbocycles. The number of benzene rings is 1. The molecule has 5 heteroatoms. The van der Waals surface area contributed by atoms with Gasteiger partial charge in [0.15, 0.2) is 0 Å². The van der Waals surface area contributed by atoms with Crippen molar-refractivity contribution in [3.8, 4) is 0 Å². The molecule has 0 aromatic heterocycles. The van der Waals surface area contributed by atoms with Crippen LogP contribution in [0.1, 0.15) is 6.92 Å². The predicted molar refractivity (Wildman–Crippen MR) is 57.6 cm³/mol. The molecule has 0 saturated carbocycles. The van der Waals surface area contributed by atoms with Gasteiger partial charge in [-0.2, -0.15) is 0 Å². The third kappa shape index (κ3) is 3.59. The van der Waals surface area contributed by atoms with Crippen LogP contribution in [0.15, 0.2) is 30.3 Å². The van der Waals surface area contributed by atoms with Crippen molar-refractivity contribution in [1.82, 2.24) is 0 Å². The van der Waals surface area contributed by atoms with E-state index in [1.54, 1.807) is 0 Å². The summed E-state index contributed by atoms with van der Waals surface area (Å²) in [5, 5.41) is 8.83. The average Bonchev–Trinajstić information content (AvgIpc) is 2.07. The molecule has 0 radical (unpaired) electrons. The van der Waals surface area contributed by atoms with Gasteiger partial charge in [-0.15, -0.1) is 0 Å². The Bertz CT molecular complexity index is 263. The largest absolute Gasteiger partial charge is 0.489 e. The van der Waals surface area contributed by atoms with Gasteiger partial charge >= 0.3 is 6.71 Å². The van der Waals surface area contributed by atoms with Gasteiger partial charge < -0.3 is 16.1 Å². The Balaban J connectivity index is 0. The molecule has 0 unspecified atom stereocenters. The average molecular weight is 198 g/mol. The lowest BCUT2D eigenvalue weighted by Gasteiger charge is -2.04. The highest BCUT2D eigenvalue weighted by molar-refractivity contribution is 6.97. The zero-order valence-corrected chi connectivity index (χ0v) is 8.03. The first-order valence-electron chi connectivity index (χ1n) is 4.03. The minimum Gasteiger partial charge on any atom is -0.489 e. The second-order valence-corrected chi connectivity index (χ2v) is 2.71. The molecule has 0 heterocycles. The van der Waals surface area contributed by atoms with Crippen LogP contribution in [0.4, 0.5) is 4.79 Å². The normalized spacial score (nSPS) is 8.07. The van der Waals surface area contributed by atoms with Gasteiger partial charge in [-0.3, -0.25) is 4.79 Å². The van der Waals surface area contributed by atoms with E-state index in [-0.39, 0.29) is 17.7 Å². The Morgan fingerprint density at radius 3 is 2.14 bits per heavy atom. The van der Waals surface area contributed by atoms with E-state index in [0.717, 1.165) is 5.46 Å². The number of carbonyl (C=O) groups is 1. The number of hydrogen-bond donors (Lipinski definition) is 1. The first kappa shape index (κ1) is 15.2. The van der Waals surface area contributed by atoms with E-state index in [2.05, 4.69) is 0 Å². The van der Waals surface area contributed by atoms with Gasteiger partial charge in [-0.05, 0) is 0 Å². The molecule has 0 aliphatic heterocycles. The molecule has 0 aliphatic rings. The summed E-state index contributed by atoms with van der Waals surface area (Å²) >= 11 is 0. The molecule has 4 nitrogen and oxygen atoms in total. The maximum absolute atomic E-state index is 10.7. The molecule has 78 valence electrons. The molecule has 0 bridgehead atoms. The molecule has 1 aromatic rings. The summed E-state index contributed by atoms with van der Waals surface area (Å²) in [6.45, 7) is 1.53. The maximum atomic E-state index is 10.7. The standard InChI is InChI=1S/C9H11BO2.2H2O/c1-2-10(9(11)12)8-6-4-3-5-7-8;;/h3-7H,2H2,1H3,(H,11,12);2*1H2. The van der Waals surface area contributed by atoms with Crippen LogP contribution < -0.4 is 5.46 Å². The minimum atomic E-state index is -0.747. The lowest BCUT2D eigenvalue weighted by atomic mass is 9.43. The Labute approximate surface area is 83.3 Å². The van der Waals surface area contributed by atoms with E-state index >= 15 is 0 Å². The highest BCUT2D eigenvalue weighted by atomic mass is 16.4. The van der Waals surface area contributed by atoms with Crippen LogP contribution in [0, 0.1) is 0 Å². The van der Waals surface area contributed by atoms with Crippen molar-refractivity contribution in [2.75, 3.05) is 0 Å². The van der Waals surface area contributed by atoms with Crippen LogP contribution in [0.5, 0.6) is 0 Å². The molecule has 1 rings (SSSR count). The van der Waals surface area contributed by atoms with Gasteiger partial charge in [0, 0.05) is 0 Å². The van der Waals surface area contributed by atoms with Crippen molar-refractivity contribution in [1.29, 1.82) is 0 Å². The van der Waals surface area contributed by atoms with E-state index in [4.69, 9.17) is 5.11 Å². The zero-order chi connectivity index (χ0) is 8.97. The van der Waals surface area contributed by atoms with E-state index in [1.165, 1.54) is 0 Å². The van der Waals surface area contributed by atoms with Crippen LogP contribution >= 0.6 is 0 Å². The molecule has 0 saturated heterocycles. The highest BCUT2D eigenvalue weighted by Crippen LogP contribution is 1.95. The summed E-state index contributed by atoms with van der Waals surface area (Å²) in [6.07, 6.45) is 0.638. The summed E-state index contributed by atoms with van der Waals surface area (Å²) in [7, 11) is 0. The molecule has 14 heavy (non-hydrogen) atoms. The summed E-state index contributed by atoms with van der Waals surface area (Å²) in [5.41, 5.74) is 0.882. The Morgan fingerprint density at radius 1 is 1.29 bits per heavy atom.